The Morgan fingerprint density at radius 2 is 2.19 bits per heavy atom. The Morgan fingerprint density at radius 1 is 1.38 bits per heavy atom. The molecule has 0 bridgehead atoms. The summed E-state index contributed by atoms with van der Waals surface area (Å²) in [6.07, 6.45) is 2.37. The van der Waals surface area contributed by atoms with E-state index < -0.39 is 5.82 Å². The number of halogens is 2. The second kappa shape index (κ2) is 7.38. The van der Waals surface area contributed by atoms with Gasteiger partial charge in [-0.05, 0) is 36.7 Å². The van der Waals surface area contributed by atoms with Gasteiger partial charge in [-0.2, -0.15) is 0 Å². The van der Waals surface area contributed by atoms with Gasteiger partial charge in [-0.1, -0.05) is 30.7 Å². The molecule has 0 aliphatic heterocycles. The molecule has 2 aromatic rings. The van der Waals surface area contributed by atoms with Gasteiger partial charge in [-0.3, -0.25) is 0 Å². The molecule has 0 saturated carbocycles. The van der Waals surface area contributed by atoms with E-state index in [1.165, 1.54) is 6.07 Å². The Bertz CT molecular complexity index is 607. The van der Waals surface area contributed by atoms with Gasteiger partial charge in [0, 0.05) is 17.8 Å². The lowest BCUT2D eigenvalue weighted by Crippen LogP contribution is -2.23. The van der Waals surface area contributed by atoms with Crippen LogP contribution in [0.4, 0.5) is 4.39 Å². The van der Waals surface area contributed by atoms with Crippen molar-refractivity contribution in [3.63, 3.8) is 0 Å². The molecule has 1 unspecified atom stereocenters. The van der Waals surface area contributed by atoms with Crippen molar-refractivity contribution in [1.29, 1.82) is 0 Å². The number of nitrogens with one attached hydrogen (secondary N) is 1. The Hall–Kier alpha value is -1.65. The Kier molecular flexibility index (Phi) is 5.53. The topological polar surface area (TPSA) is 34.2 Å². The van der Waals surface area contributed by atoms with Crippen molar-refractivity contribution >= 4 is 11.6 Å². The summed E-state index contributed by atoms with van der Waals surface area (Å²) in [6, 6.07) is 8.67. The molecule has 0 aliphatic carbocycles. The highest BCUT2D eigenvalue weighted by atomic mass is 35.5. The van der Waals surface area contributed by atoms with Crippen molar-refractivity contribution in [1.82, 2.24) is 10.3 Å². The van der Waals surface area contributed by atoms with Crippen LogP contribution in [0.1, 0.15) is 24.1 Å². The number of pyridine rings is 1. The molecule has 1 heterocycles. The van der Waals surface area contributed by atoms with Gasteiger partial charge in [0.15, 0.2) is 0 Å². The second-order valence-electron chi connectivity index (χ2n) is 4.66. The molecular formula is C16H18ClFN2O. The fourth-order valence-corrected chi connectivity index (χ4v) is 2.48. The van der Waals surface area contributed by atoms with Gasteiger partial charge in [0.05, 0.1) is 12.1 Å². The van der Waals surface area contributed by atoms with E-state index in [2.05, 4.69) is 10.3 Å². The molecule has 112 valence electrons. The summed E-state index contributed by atoms with van der Waals surface area (Å²) in [7, 11) is 1.60. The quantitative estimate of drug-likeness (QED) is 0.882. The Labute approximate surface area is 129 Å². The molecule has 1 aromatic heterocycles. The van der Waals surface area contributed by atoms with Crippen molar-refractivity contribution in [3.8, 4) is 5.88 Å². The molecule has 0 saturated heterocycles. The minimum atomic E-state index is -0.403. The van der Waals surface area contributed by atoms with E-state index in [1.807, 2.05) is 19.1 Å². The van der Waals surface area contributed by atoms with Gasteiger partial charge in [0.2, 0.25) is 5.88 Å². The third-order valence-electron chi connectivity index (χ3n) is 3.24. The predicted molar refractivity (Wildman–Crippen MR) is 82.3 cm³/mol. The number of ether oxygens (including phenoxy) is 1. The Morgan fingerprint density at radius 3 is 2.86 bits per heavy atom. The van der Waals surface area contributed by atoms with Gasteiger partial charge in [0.1, 0.15) is 5.82 Å². The van der Waals surface area contributed by atoms with E-state index in [0.29, 0.717) is 12.3 Å². The highest BCUT2D eigenvalue weighted by Gasteiger charge is 2.17. The van der Waals surface area contributed by atoms with Gasteiger partial charge >= 0.3 is 0 Å². The minimum Gasteiger partial charge on any atom is -0.481 e. The molecule has 0 fully saturated rings. The molecule has 1 atom stereocenters. The summed E-state index contributed by atoms with van der Waals surface area (Å²) in [5.74, 6) is 0.191. The first-order valence-electron chi connectivity index (χ1n) is 6.82. The third kappa shape index (κ3) is 3.93. The molecule has 0 radical (unpaired) electrons. The number of methoxy groups -OCH3 is 1. The zero-order valence-corrected chi connectivity index (χ0v) is 12.8. The van der Waals surface area contributed by atoms with Crippen LogP contribution in [0.5, 0.6) is 5.88 Å². The fraction of sp³-hybridized carbons (Fsp3) is 0.312. The first kappa shape index (κ1) is 15.7. The van der Waals surface area contributed by atoms with Crippen LogP contribution in [-0.2, 0) is 6.42 Å². The van der Waals surface area contributed by atoms with E-state index >= 15 is 0 Å². The number of rotatable bonds is 6. The lowest BCUT2D eigenvalue weighted by atomic mass is 9.99. The molecule has 5 heteroatoms. The van der Waals surface area contributed by atoms with Crippen molar-refractivity contribution in [2.75, 3.05) is 13.7 Å². The standard InChI is InChI=1S/C16H18ClFN2O/c1-3-19-15(12-5-4-8-20-16(12)21-2)10-11-6-7-14(18)13(17)9-11/h4-9,15,19H,3,10H2,1-2H3. The molecule has 2 rings (SSSR count). The summed E-state index contributed by atoms with van der Waals surface area (Å²) in [6.45, 7) is 2.84. The highest BCUT2D eigenvalue weighted by Crippen LogP contribution is 2.27. The largest absolute Gasteiger partial charge is 0.481 e. The Balaban J connectivity index is 2.28. The van der Waals surface area contributed by atoms with Crippen LogP contribution in [0.15, 0.2) is 36.5 Å². The monoisotopic (exact) mass is 308 g/mol. The SMILES string of the molecule is CCNC(Cc1ccc(F)c(Cl)c1)c1cccnc1OC. The number of hydrogen-bond acceptors (Lipinski definition) is 3. The smallest absolute Gasteiger partial charge is 0.217 e. The van der Waals surface area contributed by atoms with Crippen LogP contribution in [0.25, 0.3) is 0 Å². The van der Waals surface area contributed by atoms with Crippen molar-refractivity contribution in [2.45, 2.75) is 19.4 Å². The van der Waals surface area contributed by atoms with E-state index in [0.717, 1.165) is 17.7 Å². The van der Waals surface area contributed by atoms with Gasteiger partial charge in [-0.15, -0.1) is 0 Å². The number of hydrogen-bond donors (Lipinski definition) is 1. The zero-order chi connectivity index (χ0) is 15.2. The maximum absolute atomic E-state index is 13.2. The fourth-order valence-electron chi connectivity index (χ4n) is 2.28. The molecule has 21 heavy (non-hydrogen) atoms. The molecule has 0 aliphatic rings. The van der Waals surface area contributed by atoms with Crippen LogP contribution in [0, 0.1) is 5.82 Å². The molecular weight excluding hydrogens is 291 g/mol. The highest BCUT2D eigenvalue weighted by molar-refractivity contribution is 6.30. The number of benzene rings is 1. The van der Waals surface area contributed by atoms with Crippen LogP contribution in [0.2, 0.25) is 5.02 Å². The van der Waals surface area contributed by atoms with Gasteiger partial charge < -0.3 is 10.1 Å². The number of nitrogens with zero attached hydrogens (tertiary/aromatic N) is 1. The molecule has 1 N–H and O–H groups in total. The zero-order valence-electron chi connectivity index (χ0n) is 12.1. The summed E-state index contributed by atoms with van der Waals surface area (Å²) < 4.78 is 18.6. The van der Waals surface area contributed by atoms with Crippen LogP contribution in [0.3, 0.4) is 0 Å². The molecule has 3 nitrogen and oxygen atoms in total. The summed E-state index contributed by atoms with van der Waals surface area (Å²) in [5, 5.41) is 3.54. The summed E-state index contributed by atoms with van der Waals surface area (Å²) in [5.41, 5.74) is 1.93. The number of aromatic nitrogens is 1. The third-order valence-corrected chi connectivity index (χ3v) is 3.53. The van der Waals surface area contributed by atoms with E-state index in [-0.39, 0.29) is 11.1 Å². The first-order valence-corrected chi connectivity index (χ1v) is 7.19. The number of likely N-dealkylation sites (N-methyl/N-ethyl adjacent to an activating group) is 1. The van der Waals surface area contributed by atoms with E-state index in [4.69, 9.17) is 16.3 Å². The average molecular weight is 309 g/mol. The van der Waals surface area contributed by atoms with E-state index in [1.54, 1.807) is 25.4 Å². The van der Waals surface area contributed by atoms with Crippen LogP contribution in [-0.4, -0.2) is 18.6 Å². The van der Waals surface area contributed by atoms with Crippen molar-refractivity contribution in [3.05, 3.63) is 58.5 Å². The predicted octanol–water partition coefficient (Wildman–Crippen LogP) is 3.78. The van der Waals surface area contributed by atoms with Crippen LogP contribution < -0.4 is 10.1 Å². The van der Waals surface area contributed by atoms with E-state index in [9.17, 15) is 4.39 Å². The van der Waals surface area contributed by atoms with Crippen LogP contribution >= 0.6 is 11.6 Å². The summed E-state index contributed by atoms with van der Waals surface area (Å²) >= 11 is 5.85. The average Bonchev–Trinajstić information content (AvgIpc) is 2.50. The molecule has 1 aromatic carbocycles. The maximum atomic E-state index is 13.2. The lowest BCUT2D eigenvalue weighted by Gasteiger charge is -2.20. The maximum Gasteiger partial charge on any atom is 0.217 e. The first-order chi connectivity index (χ1) is 10.2. The van der Waals surface area contributed by atoms with Gasteiger partial charge in [0.25, 0.3) is 0 Å². The minimum absolute atomic E-state index is 0.0279. The summed E-state index contributed by atoms with van der Waals surface area (Å²) in [4.78, 5) is 4.23. The lowest BCUT2D eigenvalue weighted by molar-refractivity contribution is 0.382. The normalized spacial score (nSPS) is 12.2. The molecule has 0 spiro atoms. The second-order valence-corrected chi connectivity index (χ2v) is 5.07. The van der Waals surface area contributed by atoms with Gasteiger partial charge in [-0.25, -0.2) is 9.37 Å². The molecule has 0 amide bonds. The van der Waals surface area contributed by atoms with Crippen molar-refractivity contribution < 1.29 is 9.13 Å². The van der Waals surface area contributed by atoms with Crippen molar-refractivity contribution in [2.24, 2.45) is 0 Å².